The number of pyridine rings is 1. The molecule has 134 valence electrons. The molecule has 2 aromatic heterocycles. The maximum atomic E-state index is 5.47. The molecule has 0 aliphatic carbocycles. The van der Waals surface area contributed by atoms with E-state index in [1.807, 2.05) is 12.1 Å². The van der Waals surface area contributed by atoms with E-state index < -0.39 is 0 Å². The number of hydrogen-bond acceptors (Lipinski definition) is 6. The van der Waals surface area contributed by atoms with E-state index >= 15 is 0 Å². The molecular formula is C20H23N5O. The van der Waals surface area contributed by atoms with Gasteiger partial charge in [-0.05, 0) is 31.0 Å². The van der Waals surface area contributed by atoms with Crippen molar-refractivity contribution in [1.82, 2.24) is 15.0 Å². The third kappa shape index (κ3) is 3.75. The summed E-state index contributed by atoms with van der Waals surface area (Å²) in [5, 5.41) is 3.38. The van der Waals surface area contributed by atoms with Gasteiger partial charge in [0.2, 0.25) is 5.95 Å². The van der Waals surface area contributed by atoms with Gasteiger partial charge in [0.1, 0.15) is 5.52 Å². The van der Waals surface area contributed by atoms with E-state index in [9.17, 15) is 0 Å². The third-order valence-electron chi connectivity index (χ3n) is 4.53. The first-order chi connectivity index (χ1) is 12.8. The molecule has 6 nitrogen and oxygen atoms in total. The lowest BCUT2D eigenvalue weighted by molar-refractivity contribution is 0.122. The van der Waals surface area contributed by atoms with E-state index in [1.54, 1.807) is 6.20 Å². The number of morpholine rings is 1. The van der Waals surface area contributed by atoms with Gasteiger partial charge < -0.3 is 15.0 Å². The summed E-state index contributed by atoms with van der Waals surface area (Å²) in [6, 6.07) is 12.5. The van der Waals surface area contributed by atoms with Crippen molar-refractivity contribution in [3.63, 3.8) is 0 Å². The highest BCUT2D eigenvalue weighted by Crippen LogP contribution is 2.24. The monoisotopic (exact) mass is 349 g/mol. The van der Waals surface area contributed by atoms with Crippen LogP contribution in [0.3, 0.4) is 0 Å². The lowest BCUT2D eigenvalue weighted by Gasteiger charge is -2.28. The fourth-order valence-corrected chi connectivity index (χ4v) is 3.21. The molecule has 0 bridgehead atoms. The van der Waals surface area contributed by atoms with Crippen LogP contribution in [-0.2, 0) is 11.2 Å². The Bertz CT molecular complexity index is 892. The second kappa shape index (κ2) is 7.66. The van der Waals surface area contributed by atoms with Crippen molar-refractivity contribution in [2.24, 2.45) is 0 Å². The van der Waals surface area contributed by atoms with Crippen LogP contribution in [0, 0.1) is 6.92 Å². The van der Waals surface area contributed by atoms with Gasteiger partial charge in [-0.15, -0.1) is 0 Å². The molecule has 0 unspecified atom stereocenters. The Morgan fingerprint density at radius 3 is 2.85 bits per heavy atom. The van der Waals surface area contributed by atoms with E-state index in [1.165, 1.54) is 11.1 Å². The Morgan fingerprint density at radius 2 is 2.00 bits per heavy atom. The standard InChI is InChI=1S/C20H23N5O/c1-15-4-2-5-16(14-15)7-9-22-20-23-17-6-3-8-21-18(17)19(24-20)25-10-12-26-13-11-25/h2-6,8,14H,7,9-13H2,1H3,(H,22,23,24). The number of hydrogen-bond donors (Lipinski definition) is 1. The van der Waals surface area contributed by atoms with E-state index in [0.29, 0.717) is 19.2 Å². The molecule has 1 saturated heterocycles. The van der Waals surface area contributed by atoms with Crippen LogP contribution in [0.25, 0.3) is 11.0 Å². The first-order valence-electron chi connectivity index (χ1n) is 9.04. The van der Waals surface area contributed by atoms with Crippen LogP contribution in [0.5, 0.6) is 0 Å². The van der Waals surface area contributed by atoms with Gasteiger partial charge in [0.25, 0.3) is 0 Å². The first-order valence-corrected chi connectivity index (χ1v) is 9.04. The zero-order valence-electron chi connectivity index (χ0n) is 15.0. The topological polar surface area (TPSA) is 63.2 Å². The fraction of sp³-hybridized carbons (Fsp3) is 0.350. The van der Waals surface area contributed by atoms with Crippen LogP contribution >= 0.6 is 0 Å². The average Bonchev–Trinajstić information content (AvgIpc) is 2.68. The fourth-order valence-electron chi connectivity index (χ4n) is 3.21. The maximum Gasteiger partial charge on any atom is 0.225 e. The quantitative estimate of drug-likeness (QED) is 0.764. The second-order valence-electron chi connectivity index (χ2n) is 6.51. The highest BCUT2D eigenvalue weighted by atomic mass is 16.5. The molecule has 1 aliphatic heterocycles. The van der Waals surface area contributed by atoms with Crippen molar-refractivity contribution in [1.29, 1.82) is 0 Å². The summed E-state index contributed by atoms with van der Waals surface area (Å²) in [7, 11) is 0. The van der Waals surface area contributed by atoms with Gasteiger partial charge >= 0.3 is 0 Å². The highest BCUT2D eigenvalue weighted by Gasteiger charge is 2.18. The molecule has 3 aromatic rings. The number of ether oxygens (including phenoxy) is 1. The van der Waals surface area contributed by atoms with E-state index in [-0.39, 0.29) is 0 Å². The smallest absolute Gasteiger partial charge is 0.225 e. The van der Waals surface area contributed by atoms with Gasteiger partial charge in [-0.1, -0.05) is 29.8 Å². The summed E-state index contributed by atoms with van der Waals surface area (Å²) in [6.45, 7) is 5.99. The maximum absolute atomic E-state index is 5.47. The number of benzene rings is 1. The number of nitrogens with zero attached hydrogens (tertiary/aromatic N) is 4. The first kappa shape index (κ1) is 16.7. The normalized spacial score (nSPS) is 14.6. The molecule has 1 aliphatic rings. The summed E-state index contributed by atoms with van der Waals surface area (Å²) < 4.78 is 5.47. The number of fused-ring (bicyclic) bond motifs is 1. The van der Waals surface area contributed by atoms with Gasteiger partial charge in [0.15, 0.2) is 5.82 Å². The third-order valence-corrected chi connectivity index (χ3v) is 4.53. The minimum Gasteiger partial charge on any atom is -0.378 e. The van der Waals surface area contributed by atoms with Crippen molar-refractivity contribution in [3.8, 4) is 0 Å². The SMILES string of the molecule is Cc1cccc(CCNc2nc(N3CCOCC3)c3ncccc3n2)c1. The number of aromatic nitrogens is 3. The summed E-state index contributed by atoms with van der Waals surface area (Å²) >= 11 is 0. The van der Waals surface area contributed by atoms with Crippen LogP contribution in [0.4, 0.5) is 11.8 Å². The van der Waals surface area contributed by atoms with Crippen LogP contribution in [0.1, 0.15) is 11.1 Å². The molecule has 0 atom stereocenters. The van der Waals surface area contributed by atoms with Crippen LogP contribution < -0.4 is 10.2 Å². The minimum absolute atomic E-state index is 0.652. The van der Waals surface area contributed by atoms with E-state index in [0.717, 1.165) is 42.9 Å². The summed E-state index contributed by atoms with van der Waals surface area (Å²) in [6.07, 6.45) is 2.73. The van der Waals surface area contributed by atoms with Gasteiger partial charge in [-0.2, -0.15) is 4.98 Å². The Hall–Kier alpha value is -2.73. The molecule has 0 saturated carbocycles. The minimum atomic E-state index is 0.652. The molecule has 0 spiro atoms. The molecule has 26 heavy (non-hydrogen) atoms. The van der Waals surface area contributed by atoms with E-state index in [4.69, 9.17) is 9.72 Å². The van der Waals surface area contributed by atoms with Gasteiger partial charge in [-0.25, -0.2) is 4.98 Å². The molecule has 6 heteroatoms. The zero-order chi connectivity index (χ0) is 17.8. The largest absolute Gasteiger partial charge is 0.378 e. The van der Waals surface area contributed by atoms with Crippen molar-refractivity contribution < 1.29 is 4.74 Å². The zero-order valence-corrected chi connectivity index (χ0v) is 15.0. The number of anilines is 2. The van der Waals surface area contributed by atoms with Crippen LogP contribution in [0.15, 0.2) is 42.6 Å². The highest BCUT2D eigenvalue weighted by molar-refractivity contribution is 5.86. The van der Waals surface area contributed by atoms with Crippen molar-refractivity contribution in [2.45, 2.75) is 13.3 Å². The van der Waals surface area contributed by atoms with E-state index in [2.05, 4.69) is 51.4 Å². The number of nitrogens with one attached hydrogen (secondary N) is 1. The van der Waals surface area contributed by atoms with Crippen LogP contribution in [0.2, 0.25) is 0 Å². The Labute approximate surface area is 153 Å². The Kier molecular flexibility index (Phi) is 4.93. The molecule has 0 amide bonds. The van der Waals surface area contributed by atoms with Gasteiger partial charge in [0, 0.05) is 25.8 Å². The van der Waals surface area contributed by atoms with Crippen LogP contribution in [-0.4, -0.2) is 47.8 Å². The Morgan fingerprint density at radius 1 is 1.12 bits per heavy atom. The molecule has 4 rings (SSSR count). The predicted molar refractivity (Wildman–Crippen MR) is 104 cm³/mol. The summed E-state index contributed by atoms with van der Waals surface area (Å²) in [5.74, 6) is 1.54. The lowest BCUT2D eigenvalue weighted by atomic mass is 10.1. The van der Waals surface area contributed by atoms with Gasteiger partial charge in [0.05, 0.1) is 18.7 Å². The summed E-state index contributed by atoms with van der Waals surface area (Å²) in [5.41, 5.74) is 4.30. The number of aryl methyl sites for hydroxylation is 1. The molecule has 0 radical (unpaired) electrons. The van der Waals surface area contributed by atoms with Crippen molar-refractivity contribution >= 4 is 22.8 Å². The molecular weight excluding hydrogens is 326 g/mol. The predicted octanol–water partition coefficient (Wildman–Crippen LogP) is 2.82. The molecule has 1 fully saturated rings. The summed E-state index contributed by atoms with van der Waals surface area (Å²) in [4.78, 5) is 16.1. The average molecular weight is 349 g/mol. The Balaban J connectivity index is 1.55. The molecule has 1 aromatic carbocycles. The molecule has 3 heterocycles. The second-order valence-corrected chi connectivity index (χ2v) is 6.51. The van der Waals surface area contributed by atoms with Crippen molar-refractivity contribution in [3.05, 3.63) is 53.7 Å². The van der Waals surface area contributed by atoms with Gasteiger partial charge in [-0.3, -0.25) is 4.98 Å². The van der Waals surface area contributed by atoms with Crippen molar-refractivity contribution in [2.75, 3.05) is 43.1 Å². The lowest BCUT2D eigenvalue weighted by Crippen LogP contribution is -2.37. The number of rotatable bonds is 5. The molecule has 1 N–H and O–H groups in total.